The normalized spacial score (nSPS) is 22.4. The van der Waals surface area contributed by atoms with Crippen LogP contribution < -0.4 is 0 Å². The van der Waals surface area contributed by atoms with Crippen molar-refractivity contribution in [2.75, 3.05) is 0 Å². The molecule has 0 aliphatic carbocycles. The molecule has 0 saturated carbocycles. The van der Waals surface area contributed by atoms with E-state index in [0.717, 1.165) is 6.42 Å². The number of hydrogen-bond donors (Lipinski definition) is 0. The molecule has 0 atom stereocenters. The van der Waals surface area contributed by atoms with E-state index in [1.807, 2.05) is 19.3 Å². The van der Waals surface area contributed by atoms with Crippen LogP contribution in [0.3, 0.4) is 0 Å². The second kappa shape index (κ2) is 2.46. The first-order valence-corrected chi connectivity index (χ1v) is 2.77. The van der Waals surface area contributed by atoms with Crippen molar-refractivity contribution in [2.45, 2.75) is 13.3 Å². The lowest BCUT2D eigenvalue weighted by molar-refractivity contribution is 1.26. The summed E-state index contributed by atoms with van der Waals surface area (Å²) in [6.07, 6.45) is 8.88. The number of aliphatic imine (C=N–C) groups is 1. The molecule has 0 N–H and O–H groups in total. The van der Waals surface area contributed by atoms with Gasteiger partial charge in [-0.3, -0.25) is 4.99 Å². The van der Waals surface area contributed by atoms with Gasteiger partial charge in [-0.15, -0.1) is 0 Å². The summed E-state index contributed by atoms with van der Waals surface area (Å²) in [4.78, 5) is 3.96. The van der Waals surface area contributed by atoms with Crippen molar-refractivity contribution in [1.29, 1.82) is 0 Å². The smallest absolute Gasteiger partial charge is 0.0299 e. The molecule has 8 heavy (non-hydrogen) atoms. The van der Waals surface area contributed by atoms with Crippen LogP contribution in [0.25, 0.3) is 0 Å². The largest absolute Gasteiger partial charge is 0.265 e. The van der Waals surface area contributed by atoms with E-state index in [2.05, 4.69) is 17.1 Å². The first-order valence-electron chi connectivity index (χ1n) is 2.77. The van der Waals surface area contributed by atoms with Crippen LogP contribution in [-0.2, 0) is 0 Å². The molecule has 0 aromatic rings. The molecule has 1 rings (SSSR count). The second-order valence-corrected chi connectivity index (χ2v) is 1.73. The van der Waals surface area contributed by atoms with Crippen molar-refractivity contribution >= 4 is 6.21 Å². The Balaban J connectivity index is 2.66. The van der Waals surface area contributed by atoms with Gasteiger partial charge in [-0.2, -0.15) is 0 Å². The zero-order valence-corrected chi connectivity index (χ0v) is 4.96. The lowest BCUT2D eigenvalue weighted by Gasteiger charge is -1.96. The molecule has 1 nitrogen and oxygen atoms in total. The van der Waals surface area contributed by atoms with Crippen molar-refractivity contribution in [1.82, 2.24) is 0 Å². The summed E-state index contributed by atoms with van der Waals surface area (Å²) in [7, 11) is 0. The third-order valence-electron chi connectivity index (χ3n) is 1.16. The number of hydrogen-bond acceptors (Lipinski definition) is 1. The fourth-order valence-corrected chi connectivity index (χ4v) is 0.634. The minimum atomic E-state index is 1.04. The average molecular weight is 107 g/mol. The van der Waals surface area contributed by atoms with Gasteiger partial charge in [-0.05, 0) is 18.9 Å². The molecule has 0 radical (unpaired) electrons. The highest BCUT2D eigenvalue weighted by Crippen LogP contribution is 2.03. The second-order valence-electron chi connectivity index (χ2n) is 1.73. The summed E-state index contributed by atoms with van der Waals surface area (Å²) >= 11 is 0. The van der Waals surface area contributed by atoms with E-state index in [9.17, 15) is 0 Å². The molecule has 0 fully saturated rings. The lowest BCUT2D eigenvalue weighted by atomic mass is 10.2. The van der Waals surface area contributed by atoms with Crippen molar-refractivity contribution in [3.05, 3.63) is 23.9 Å². The van der Waals surface area contributed by atoms with E-state index in [-0.39, 0.29) is 0 Å². The molecular formula is C7H9N. The quantitative estimate of drug-likeness (QED) is 0.448. The Labute approximate surface area is 49.4 Å². The van der Waals surface area contributed by atoms with Crippen molar-refractivity contribution in [3.8, 4) is 0 Å². The predicted molar refractivity (Wildman–Crippen MR) is 36.0 cm³/mol. The summed E-state index contributed by atoms with van der Waals surface area (Å²) in [6.45, 7) is 2.03. The molecule has 0 bridgehead atoms. The van der Waals surface area contributed by atoms with Crippen LogP contribution in [0.15, 0.2) is 28.9 Å². The van der Waals surface area contributed by atoms with E-state index in [1.165, 1.54) is 5.57 Å². The van der Waals surface area contributed by atoms with Crippen LogP contribution in [0, 0.1) is 0 Å². The number of allylic oxidation sites excluding steroid dienone is 3. The highest BCUT2D eigenvalue weighted by atomic mass is 14.7. The molecule has 42 valence electrons. The third-order valence-corrected chi connectivity index (χ3v) is 1.16. The lowest BCUT2D eigenvalue weighted by Crippen LogP contribution is -1.84. The van der Waals surface area contributed by atoms with Crippen LogP contribution in [0.5, 0.6) is 0 Å². The Bertz CT molecular complexity index is 152. The van der Waals surface area contributed by atoms with Gasteiger partial charge in [0.05, 0.1) is 0 Å². The molecular weight excluding hydrogens is 98.1 g/mol. The van der Waals surface area contributed by atoms with Gasteiger partial charge in [-0.25, -0.2) is 0 Å². The van der Waals surface area contributed by atoms with Crippen molar-refractivity contribution in [2.24, 2.45) is 4.99 Å². The van der Waals surface area contributed by atoms with Crippen LogP contribution in [0.1, 0.15) is 13.3 Å². The topological polar surface area (TPSA) is 12.4 Å². The molecule has 0 spiro atoms. The maximum absolute atomic E-state index is 3.96. The fourth-order valence-electron chi connectivity index (χ4n) is 0.634. The van der Waals surface area contributed by atoms with E-state index in [4.69, 9.17) is 0 Å². The maximum Gasteiger partial charge on any atom is 0.0299 e. The molecule has 0 unspecified atom stereocenters. The van der Waals surface area contributed by atoms with Crippen LogP contribution in [0.2, 0.25) is 0 Å². The molecule has 1 heterocycles. The number of nitrogens with zero attached hydrogens (tertiary/aromatic N) is 1. The SMILES string of the molecule is C/C=C1/C=NC=CC1. The minimum Gasteiger partial charge on any atom is -0.265 e. The summed E-state index contributed by atoms with van der Waals surface area (Å²) in [5.74, 6) is 0. The Morgan fingerprint density at radius 2 is 2.62 bits per heavy atom. The molecule has 0 aromatic carbocycles. The molecule has 1 aliphatic heterocycles. The summed E-state index contributed by atoms with van der Waals surface area (Å²) in [5, 5.41) is 0. The molecule has 0 saturated heterocycles. The Morgan fingerprint density at radius 3 is 3.00 bits per heavy atom. The van der Waals surface area contributed by atoms with Crippen LogP contribution in [-0.4, -0.2) is 6.21 Å². The predicted octanol–water partition coefficient (Wildman–Crippen LogP) is 1.92. The summed E-state index contributed by atoms with van der Waals surface area (Å²) in [5.41, 5.74) is 1.30. The van der Waals surface area contributed by atoms with Gasteiger partial charge in [-0.1, -0.05) is 12.2 Å². The monoisotopic (exact) mass is 107 g/mol. The van der Waals surface area contributed by atoms with Crippen molar-refractivity contribution < 1.29 is 0 Å². The molecule has 0 amide bonds. The zero-order chi connectivity index (χ0) is 5.82. The standard InChI is InChI=1S/C7H9N/c1-2-7-4-3-5-8-6-7/h2-3,5-6H,4H2,1H3/b7-2+. The Hall–Kier alpha value is -0.850. The highest BCUT2D eigenvalue weighted by molar-refractivity contribution is 5.80. The zero-order valence-electron chi connectivity index (χ0n) is 4.96. The molecule has 0 aromatic heterocycles. The van der Waals surface area contributed by atoms with E-state index < -0.39 is 0 Å². The van der Waals surface area contributed by atoms with Gasteiger partial charge in [0.15, 0.2) is 0 Å². The molecule has 1 heteroatoms. The minimum absolute atomic E-state index is 1.04. The summed E-state index contributed by atoms with van der Waals surface area (Å²) in [6, 6.07) is 0. The first-order chi connectivity index (χ1) is 3.93. The van der Waals surface area contributed by atoms with E-state index in [1.54, 1.807) is 0 Å². The molecule has 1 aliphatic rings. The van der Waals surface area contributed by atoms with Crippen LogP contribution in [0.4, 0.5) is 0 Å². The fraction of sp³-hybridized carbons (Fsp3) is 0.286. The van der Waals surface area contributed by atoms with Gasteiger partial charge in [0, 0.05) is 12.4 Å². The highest BCUT2D eigenvalue weighted by Gasteiger charge is 1.89. The maximum atomic E-state index is 3.96. The van der Waals surface area contributed by atoms with Gasteiger partial charge in [0.2, 0.25) is 0 Å². The third kappa shape index (κ3) is 1.06. The van der Waals surface area contributed by atoms with Gasteiger partial charge >= 0.3 is 0 Å². The van der Waals surface area contributed by atoms with Crippen molar-refractivity contribution in [3.63, 3.8) is 0 Å². The summed E-state index contributed by atoms with van der Waals surface area (Å²) < 4.78 is 0. The van der Waals surface area contributed by atoms with E-state index in [0.29, 0.717) is 0 Å². The Morgan fingerprint density at radius 1 is 1.75 bits per heavy atom. The van der Waals surface area contributed by atoms with Gasteiger partial charge in [0.25, 0.3) is 0 Å². The first kappa shape index (κ1) is 5.29. The van der Waals surface area contributed by atoms with Crippen LogP contribution >= 0.6 is 0 Å². The number of rotatable bonds is 0. The average Bonchev–Trinajstić information content (AvgIpc) is 1.90. The van der Waals surface area contributed by atoms with Gasteiger partial charge < -0.3 is 0 Å². The van der Waals surface area contributed by atoms with Gasteiger partial charge in [0.1, 0.15) is 0 Å². The van der Waals surface area contributed by atoms with E-state index >= 15 is 0 Å². The Kier molecular flexibility index (Phi) is 1.62.